The van der Waals surface area contributed by atoms with E-state index < -0.39 is 23.5 Å². The van der Waals surface area contributed by atoms with Crippen LogP contribution in [0.15, 0.2) is 24.8 Å². The van der Waals surface area contributed by atoms with Gasteiger partial charge >= 0.3 is 0 Å². The van der Waals surface area contributed by atoms with E-state index in [0.717, 1.165) is 12.1 Å². The molecule has 0 aliphatic carbocycles. The van der Waals surface area contributed by atoms with Gasteiger partial charge in [-0.15, -0.1) is 6.58 Å². The van der Waals surface area contributed by atoms with Crippen molar-refractivity contribution in [3.05, 3.63) is 47.8 Å². The van der Waals surface area contributed by atoms with Crippen molar-refractivity contribution in [2.24, 2.45) is 5.73 Å². The Morgan fingerprint density at radius 2 is 1.88 bits per heavy atom. The Morgan fingerprint density at radius 1 is 1.31 bits per heavy atom. The summed E-state index contributed by atoms with van der Waals surface area (Å²) in [5.41, 5.74) is 5.73. The third-order valence-corrected chi connectivity index (χ3v) is 2.15. The molecule has 0 saturated carbocycles. The van der Waals surface area contributed by atoms with Crippen LogP contribution >= 0.6 is 0 Å². The average molecular weight is 230 g/mol. The first-order valence-corrected chi connectivity index (χ1v) is 4.79. The fraction of sp³-hybridized carbons (Fsp3) is 0.273. The molecule has 1 unspecified atom stereocenters. The van der Waals surface area contributed by atoms with Gasteiger partial charge in [-0.05, 0) is 17.7 Å². The van der Waals surface area contributed by atoms with E-state index in [2.05, 4.69) is 11.9 Å². The second-order valence-electron chi connectivity index (χ2n) is 3.28. The Labute approximate surface area is 92.0 Å². The lowest BCUT2D eigenvalue weighted by Crippen LogP contribution is -2.28. The van der Waals surface area contributed by atoms with Crippen molar-refractivity contribution in [1.82, 2.24) is 5.32 Å². The maximum atomic E-state index is 13.0. The van der Waals surface area contributed by atoms with Crippen molar-refractivity contribution in [2.45, 2.75) is 6.04 Å². The molecule has 16 heavy (non-hydrogen) atoms. The van der Waals surface area contributed by atoms with Gasteiger partial charge in [-0.3, -0.25) is 0 Å². The summed E-state index contributed by atoms with van der Waals surface area (Å²) in [6.45, 7) is 4.10. The second kappa shape index (κ2) is 5.67. The number of rotatable bonds is 5. The molecule has 2 nitrogen and oxygen atoms in total. The highest BCUT2D eigenvalue weighted by Crippen LogP contribution is 2.18. The number of hydrogen-bond donors (Lipinski definition) is 2. The van der Waals surface area contributed by atoms with E-state index in [9.17, 15) is 13.2 Å². The van der Waals surface area contributed by atoms with Gasteiger partial charge in [0.25, 0.3) is 0 Å². The maximum Gasteiger partial charge on any atom is 0.194 e. The normalized spacial score (nSPS) is 12.5. The molecule has 0 spiro atoms. The Kier molecular flexibility index (Phi) is 4.52. The third-order valence-electron chi connectivity index (χ3n) is 2.15. The van der Waals surface area contributed by atoms with Crippen LogP contribution in [0.5, 0.6) is 0 Å². The minimum atomic E-state index is -1.47. The predicted molar refractivity (Wildman–Crippen MR) is 56.3 cm³/mol. The maximum absolute atomic E-state index is 13.0. The fourth-order valence-electron chi connectivity index (χ4n) is 1.34. The van der Waals surface area contributed by atoms with Crippen molar-refractivity contribution in [3.8, 4) is 0 Å². The zero-order chi connectivity index (χ0) is 12.1. The van der Waals surface area contributed by atoms with Gasteiger partial charge in [0.1, 0.15) is 0 Å². The SMILES string of the molecule is C=CCNC(CN)c1cc(F)c(F)c(F)c1. The van der Waals surface area contributed by atoms with E-state index in [4.69, 9.17) is 5.73 Å². The second-order valence-corrected chi connectivity index (χ2v) is 3.28. The molecule has 0 amide bonds. The van der Waals surface area contributed by atoms with Crippen molar-refractivity contribution < 1.29 is 13.2 Å². The van der Waals surface area contributed by atoms with Gasteiger partial charge in [0, 0.05) is 19.1 Å². The molecule has 1 aromatic carbocycles. The Hall–Kier alpha value is -1.33. The lowest BCUT2D eigenvalue weighted by atomic mass is 10.1. The molecule has 0 saturated heterocycles. The first-order valence-electron chi connectivity index (χ1n) is 4.79. The van der Waals surface area contributed by atoms with E-state index >= 15 is 0 Å². The van der Waals surface area contributed by atoms with Crippen molar-refractivity contribution >= 4 is 0 Å². The molecule has 0 radical (unpaired) electrons. The summed E-state index contributed by atoms with van der Waals surface area (Å²) in [4.78, 5) is 0. The smallest absolute Gasteiger partial charge is 0.194 e. The van der Waals surface area contributed by atoms with E-state index in [1.54, 1.807) is 6.08 Å². The number of benzene rings is 1. The quantitative estimate of drug-likeness (QED) is 0.598. The topological polar surface area (TPSA) is 38.0 Å². The number of nitrogens with two attached hydrogens (primary N) is 1. The molecule has 0 aliphatic heterocycles. The van der Waals surface area contributed by atoms with Gasteiger partial charge in [0.05, 0.1) is 0 Å². The third kappa shape index (κ3) is 2.84. The first-order chi connectivity index (χ1) is 7.60. The molecule has 0 bridgehead atoms. The summed E-state index contributed by atoms with van der Waals surface area (Å²) >= 11 is 0. The first kappa shape index (κ1) is 12.7. The molecule has 1 rings (SSSR count). The molecule has 0 aromatic heterocycles. The van der Waals surface area contributed by atoms with Crippen LogP contribution in [-0.2, 0) is 0 Å². The van der Waals surface area contributed by atoms with Gasteiger partial charge in [-0.25, -0.2) is 13.2 Å². The summed E-state index contributed by atoms with van der Waals surface area (Å²) in [6, 6.07) is 1.44. The van der Waals surface area contributed by atoms with Crippen LogP contribution in [0.1, 0.15) is 11.6 Å². The van der Waals surface area contributed by atoms with Crippen LogP contribution in [0.3, 0.4) is 0 Å². The van der Waals surface area contributed by atoms with Crippen LogP contribution in [0, 0.1) is 17.5 Å². The van der Waals surface area contributed by atoms with Crippen LogP contribution in [0.2, 0.25) is 0 Å². The molecular weight excluding hydrogens is 217 g/mol. The Bertz CT molecular complexity index is 356. The zero-order valence-corrected chi connectivity index (χ0v) is 8.64. The Balaban J connectivity index is 2.96. The molecule has 0 aliphatic rings. The summed E-state index contributed by atoms with van der Waals surface area (Å²) in [5.74, 6) is -3.90. The van der Waals surface area contributed by atoms with Gasteiger partial charge in [-0.2, -0.15) is 0 Å². The number of halogens is 3. The van der Waals surface area contributed by atoms with Crippen LogP contribution < -0.4 is 11.1 Å². The van der Waals surface area contributed by atoms with Crippen LogP contribution in [0.4, 0.5) is 13.2 Å². The van der Waals surface area contributed by atoms with E-state index in [1.807, 2.05) is 0 Å². The Morgan fingerprint density at radius 3 is 2.31 bits per heavy atom. The minimum Gasteiger partial charge on any atom is -0.329 e. The van der Waals surface area contributed by atoms with Gasteiger partial charge in [-0.1, -0.05) is 6.08 Å². The molecule has 5 heteroatoms. The van der Waals surface area contributed by atoms with E-state index in [-0.39, 0.29) is 12.1 Å². The van der Waals surface area contributed by atoms with Gasteiger partial charge < -0.3 is 11.1 Å². The monoisotopic (exact) mass is 230 g/mol. The fourth-order valence-corrected chi connectivity index (χ4v) is 1.34. The summed E-state index contributed by atoms with van der Waals surface area (Å²) < 4.78 is 38.6. The van der Waals surface area contributed by atoms with Crippen LogP contribution in [0.25, 0.3) is 0 Å². The average Bonchev–Trinajstić information content (AvgIpc) is 2.26. The highest BCUT2D eigenvalue weighted by molar-refractivity contribution is 5.23. The predicted octanol–water partition coefficient (Wildman–Crippen LogP) is 1.88. The highest BCUT2D eigenvalue weighted by Gasteiger charge is 2.15. The van der Waals surface area contributed by atoms with Crippen molar-refractivity contribution in [3.63, 3.8) is 0 Å². The largest absolute Gasteiger partial charge is 0.329 e. The molecule has 0 fully saturated rings. The molecule has 1 atom stereocenters. The lowest BCUT2D eigenvalue weighted by Gasteiger charge is -2.16. The highest BCUT2D eigenvalue weighted by atomic mass is 19.2. The van der Waals surface area contributed by atoms with E-state index in [1.165, 1.54) is 0 Å². The number of nitrogens with one attached hydrogen (secondary N) is 1. The molecule has 3 N–H and O–H groups in total. The van der Waals surface area contributed by atoms with Crippen LogP contribution in [-0.4, -0.2) is 13.1 Å². The molecule has 0 heterocycles. The summed E-state index contributed by atoms with van der Waals surface area (Å²) in [6.07, 6.45) is 1.60. The molecular formula is C11H13F3N2. The van der Waals surface area contributed by atoms with E-state index in [0.29, 0.717) is 6.54 Å². The lowest BCUT2D eigenvalue weighted by molar-refractivity contribution is 0.441. The van der Waals surface area contributed by atoms with Crippen molar-refractivity contribution in [1.29, 1.82) is 0 Å². The molecule has 88 valence electrons. The minimum absolute atomic E-state index is 0.151. The molecule has 1 aromatic rings. The standard InChI is InChI=1S/C11H13F3N2/c1-2-3-16-10(6-15)7-4-8(12)11(14)9(13)5-7/h2,4-5,10,16H,1,3,6,15H2. The number of hydrogen-bond acceptors (Lipinski definition) is 2. The van der Waals surface area contributed by atoms with Gasteiger partial charge in [0.2, 0.25) is 0 Å². The van der Waals surface area contributed by atoms with Crippen molar-refractivity contribution in [2.75, 3.05) is 13.1 Å². The summed E-state index contributed by atoms with van der Waals surface area (Å²) in [5, 5.41) is 2.91. The van der Waals surface area contributed by atoms with Gasteiger partial charge in [0.15, 0.2) is 17.5 Å². The zero-order valence-electron chi connectivity index (χ0n) is 8.64. The summed E-state index contributed by atoms with van der Waals surface area (Å²) in [7, 11) is 0.